The van der Waals surface area contributed by atoms with Gasteiger partial charge in [0.05, 0.1) is 12.1 Å². The Morgan fingerprint density at radius 2 is 2.12 bits per heavy atom. The van der Waals surface area contributed by atoms with Crippen molar-refractivity contribution in [3.63, 3.8) is 0 Å². The predicted octanol–water partition coefficient (Wildman–Crippen LogP) is 3.69. The summed E-state index contributed by atoms with van der Waals surface area (Å²) in [4.78, 5) is 18.9. The van der Waals surface area contributed by atoms with Gasteiger partial charge in [-0.3, -0.25) is 4.79 Å². The Kier molecular flexibility index (Phi) is 5.04. The van der Waals surface area contributed by atoms with Crippen LogP contribution in [0.15, 0.2) is 22.7 Å². The van der Waals surface area contributed by atoms with Gasteiger partial charge in [0.2, 0.25) is 5.89 Å². The van der Waals surface area contributed by atoms with E-state index < -0.39 is 0 Å². The highest BCUT2D eigenvalue weighted by atomic mass is 35.5. The van der Waals surface area contributed by atoms with E-state index in [1.165, 1.54) is 0 Å². The molecule has 1 aliphatic rings. The Hall–Kier alpha value is -2.08. The van der Waals surface area contributed by atoms with Crippen LogP contribution in [0.4, 0.5) is 5.69 Å². The van der Waals surface area contributed by atoms with E-state index in [1.807, 2.05) is 24.8 Å². The fourth-order valence-corrected chi connectivity index (χ4v) is 2.86. The summed E-state index contributed by atoms with van der Waals surface area (Å²) in [6, 6.07) is 5.29. The minimum Gasteiger partial charge on any atom is -0.377 e. The van der Waals surface area contributed by atoms with Crippen LogP contribution in [0.25, 0.3) is 0 Å². The predicted molar refractivity (Wildman–Crippen MR) is 92.3 cm³/mol. The second-order valence-electron chi connectivity index (χ2n) is 6.25. The summed E-state index contributed by atoms with van der Waals surface area (Å²) in [5.74, 6) is 1.37. The van der Waals surface area contributed by atoms with Crippen LogP contribution in [-0.2, 0) is 6.54 Å². The normalized spacial score (nSPS) is 14.4. The Bertz CT molecular complexity index is 723. The van der Waals surface area contributed by atoms with Gasteiger partial charge in [0, 0.05) is 29.7 Å². The number of likely N-dealkylation sites (tertiary alicyclic amines) is 1. The Morgan fingerprint density at radius 1 is 1.38 bits per heavy atom. The summed E-state index contributed by atoms with van der Waals surface area (Å²) in [6.45, 7) is 5.98. The van der Waals surface area contributed by atoms with Crippen LogP contribution in [0.2, 0.25) is 5.02 Å². The average Bonchev–Trinajstić information content (AvgIpc) is 3.24. The first kappa shape index (κ1) is 16.8. The Morgan fingerprint density at radius 3 is 2.79 bits per heavy atom. The van der Waals surface area contributed by atoms with Crippen LogP contribution in [0, 0.1) is 0 Å². The lowest BCUT2D eigenvalue weighted by atomic mass is 10.1. The summed E-state index contributed by atoms with van der Waals surface area (Å²) in [5.41, 5.74) is 1.31. The summed E-state index contributed by atoms with van der Waals surface area (Å²) < 4.78 is 5.20. The molecule has 1 N–H and O–H groups in total. The highest BCUT2D eigenvalue weighted by Gasteiger charge is 2.22. The van der Waals surface area contributed by atoms with Gasteiger partial charge in [0.15, 0.2) is 5.82 Å². The molecular formula is C17H21ClN4O2. The van der Waals surface area contributed by atoms with Crippen molar-refractivity contribution < 1.29 is 9.32 Å². The van der Waals surface area contributed by atoms with E-state index in [9.17, 15) is 4.79 Å². The van der Waals surface area contributed by atoms with Crippen molar-refractivity contribution >= 4 is 23.2 Å². The number of rotatable bonds is 5. The summed E-state index contributed by atoms with van der Waals surface area (Å²) >= 11 is 6.08. The van der Waals surface area contributed by atoms with E-state index >= 15 is 0 Å². The molecule has 0 aliphatic carbocycles. The van der Waals surface area contributed by atoms with E-state index in [-0.39, 0.29) is 11.8 Å². The molecular weight excluding hydrogens is 328 g/mol. The standard InChI is InChI=1S/C17H21ClN4O2/c1-11(2)16-20-15(21-24-16)10-19-14-6-5-12(18)9-13(14)17(23)22-7-3-4-8-22/h5-6,9,11,19H,3-4,7-8,10H2,1-2H3. The highest BCUT2D eigenvalue weighted by Crippen LogP contribution is 2.24. The van der Waals surface area contributed by atoms with Crippen molar-refractivity contribution in [2.45, 2.75) is 39.2 Å². The molecule has 0 unspecified atom stereocenters. The zero-order valence-electron chi connectivity index (χ0n) is 13.9. The molecule has 2 aromatic rings. The van der Waals surface area contributed by atoms with E-state index in [2.05, 4.69) is 15.5 Å². The highest BCUT2D eigenvalue weighted by molar-refractivity contribution is 6.31. The van der Waals surface area contributed by atoms with Gasteiger partial charge < -0.3 is 14.7 Å². The molecule has 0 atom stereocenters. The van der Waals surface area contributed by atoms with Crippen molar-refractivity contribution in [2.24, 2.45) is 0 Å². The second kappa shape index (κ2) is 7.21. The van der Waals surface area contributed by atoms with Crippen LogP contribution in [-0.4, -0.2) is 34.0 Å². The maximum atomic E-state index is 12.7. The molecule has 3 rings (SSSR count). The first-order valence-electron chi connectivity index (χ1n) is 8.20. The third-order valence-electron chi connectivity index (χ3n) is 4.02. The van der Waals surface area contributed by atoms with Crippen molar-refractivity contribution in [1.82, 2.24) is 15.0 Å². The number of halogens is 1. The van der Waals surface area contributed by atoms with Crippen LogP contribution in [0.1, 0.15) is 54.7 Å². The van der Waals surface area contributed by atoms with E-state index in [0.29, 0.717) is 28.8 Å². The largest absolute Gasteiger partial charge is 0.377 e. The molecule has 24 heavy (non-hydrogen) atoms. The van der Waals surface area contributed by atoms with Crippen molar-refractivity contribution in [3.8, 4) is 0 Å². The van der Waals surface area contributed by atoms with Crippen LogP contribution in [0.5, 0.6) is 0 Å². The number of hydrogen-bond acceptors (Lipinski definition) is 5. The molecule has 0 radical (unpaired) electrons. The molecule has 0 bridgehead atoms. The van der Waals surface area contributed by atoms with Gasteiger partial charge in [-0.2, -0.15) is 4.98 Å². The van der Waals surface area contributed by atoms with Crippen molar-refractivity contribution in [1.29, 1.82) is 0 Å². The van der Waals surface area contributed by atoms with Gasteiger partial charge >= 0.3 is 0 Å². The molecule has 1 aromatic heterocycles. The smallest absolute Gasteiger partial charge is 0.256 e. The summed E-state index contributed by atoms with van der Waals surface area (Å²) in [7, 11) is 0. The molecule has 1 amide bonds. The monoisotopic (exact) mass is 348 g/mol. The maximum absolute atomic E-state index is 12.7. The SMILES string of the molecule is CC(C)c1nc(CNc2ccc(Cl)cc2C(=O)N2CCCC2)no1. The minimum atomic E-state index is 0.00785. The maximum Gasteiger partial charge on any atom is 0.256 e. The van der Waals surface area contributed by atoms with Crippen molar-refractivity contribution in [3.05, 3.63) is 40.5 Å². The molecule has 1 aromatic carbocycles. The molecule has 2 heterocycles. The Labute approximate surface area is 146 Å². The number of anilines is 1. The van der Waals surface area contributed by atoms with Crippen molar-refractivity contribution in [2.75, 3.05) is 18.4 Å². The van der Waals surface area contributed by atoms with E-state index in [1.54, 1.807) is 12.1 Å². The number of benzene rings is 1. The first-order valence-corrected chi connectivity index (χ1v) is 8.57. The van der Waals surface area contributed by atoms with Gasteiger partial charge in [-0.15, -0.1) is 0 Å². The average molecular weight is 349 g/mol. The quantitative estimate of drug-likeness (QED) is 0.892. The molecule has 7 heteroatoms. The Balaban J connectivity index is 1.75. The molecule has 1 aliphatic heterocycles. The van der Waals surface area contributed by atoms with Gasteiger partial charge in [-0.05, 0) is 31.0 Å². The third-order valence-corrected chi connectivity index (χ3v) is 4.26. The molecule has 1 fully saturated rings. The lowest BCUT2D eigenvalue weighted by Crippen LogP contribution is -2.28. The van der Waals surface area contributed by atoms with Gasteiger partial charge in [0.1, 0.15) is 0 Å². The molecule has 6 nitrogen and oxygen atoms in total. The van der Waals surface area contributed by atoms with Gasteiger partial charge in [0.25, 0.3) is 5.91 Å². The number of aromatic nitrogens is 2. The minimum absolute atomic E-state index is 0.00785. The molecule has 128 valence electrons. The van der Waals surface area contributed by atoms with Crippen LogP contribution < -0.4 is 5.32 Å². The molecule has 1 saturated heterocycles. The summed E-state index contributed by atoms with van der Waals surface area (Å²) in [6.07, 6.45) is 2.10. The number of nitrogens with zero attached hydrogens (tertiary/aromatic N) is 3. The third kappa shape index (κ3) is 3.70. The fourth-order valence-electron chi connectivity index (χ4n) is 2.69. The fraction of sp³-hybridized carbons (Fsp3) is 0.471. The lowest BCUT2D eigenvalue weighted by molar-refractivity contribution is 0.0793. The molecule has 0 spiro atoms. The number of nitrogens with one attached hydrogen (secondary N) is 1. The lowest BCUT2D eigenvalue weighted by Gasteiger charge is -2.18. The number of carbonyl (C=O) groups excluding carboxylic acids is 1. The number of carbonyl (C=O) groups is 1. The molecule has 0 saturated carbocycles. The van der Waals surface area contributed by atoms with Gasteiger partial charge in [-0.1, -0.05) is 30.6 Å². The topological polar surface area (TPSA) is 71.3 Å². The van der Waals surface area contributed by atoms with E-state index in [0.717, 1.165) is 31.6 Å². The van der Waals surface area contributed by atoms with E-state index in [4.69, 9.17) is 16.1 Å². The van der Waals surface area contributed by atoms with Gasteiger partial charge in [-0.25, -0.2) is 0 Å². The summed E-state index contributed by atoms with van der Waals surface area (Å²) in [5, 5.41) is 7.72. The van der Waals surface area contributed by atoms with Crippen LogP contribution >= 0.6 is 11.6 Å². The van der Waals surface area contributed by atoms with Crippen LogP contribution in [0.3, 0.4) is 0 Å². The second-order valence-corrected chi connectivity index (χ2v) is 6.68. The number of hydrogen-bond donors (Lipinski definition) is 1. The zero-order chi connectivity index (χ0) is 17.1. The number of amides is 1. The zero-order valence-corrected chi connectivity index (χ0v) is 14.6. The first-order chi connectivity index (χ1) is 11.5.